The van der Waals surface area contributed by atoms with Crippen molar-refractivity contribution in [3.8, 4) is 11.3 Å². The number of benzene rings is 2. The standard InChI is InChI=1S/C29H31N7O2/c1-35-14-16-36(17-15-35)19-21-7-9-22(10-8-21)28(38)32-26-5-2-6-27(24(26)20-37)34-29-31-13-11-25(33-29)23-4-3-12-30-18-23/h2-13,18,37H,14-17,19-20H2,1H3,(H,32,38)(H,31,33,34). The van der Waals surface area contributed by atoms with E-state index in [2.05, 4.69) is 42.4 Å². The van der Waals surface area contributed by atoms with E-state index in [1.807, 2.05) is 48.5 Å². The number of hydrogen-bond donors (Lipinski definition) is 3. The first kappa shape index (κ1) is 25.5. The lowest BCUT2D eigenvalue weighted by Gasteiger charge is -2.32. The van der Waals surface area contributed by atoms with Gasteiger partial charge in [-0.25, -0.2) is 9.97 Å². The molecule has 0 unspecified atom stereocenters. The minimum absolute atomic E-state index is 0.238. The maximum absolute atomic E-state index is 13.0. The third kappa shape index (κ3) is 6.20. The SMILES string of the molecule is CN1CCN(Cc2ccc(C(=O)Nc3cccc(Nc4nccc(-c5cccnc5)n4)c3CO)cc2)CC1. The van der Waals surface area contributed by atoms with Crippen molar-refractivity contribution in [2.24, 2.45) is 0 Å². The molecule has 38 heavy (non-hydrogen) atoms. The zero-order chi connectivity index (χ0) is 26.3. The molecule has 0 spiro atoms. The van der Waals surface area contributed by atoms with E-state index in [0.717, 1.165) is 44.0 Å². The number of aliphatic hydroxyl groups excluding tert-OH is 1. The summed E-state index contributed by atoms with van der Waals surface area (Å²) in [7, 11) is 2.15. The predicted octanol–water partition coefficient (Wildman–Crippen LogP) is 3.77. The average Bonchev–Trinajstić information content (AvgIpc) is 2.95. The Bertz CT molecular complexity index is 1370. The zero-order valence-corrected chi connectivity index (χ0v) is 21.3. The number of amides is 1. The second-order valence-electron chi connectivity index (χ2n) is 9.35. The van der Waals surface area contributed by atoms with Crippen molar-refractivity contribution in [3.63, 3.8) is 0 Å². The Morgan fingerprint density at radius 3 is 2.47 bits per heavy atom. The molecular formula is C29H31N7O2. The van der Waals surface area contributed by atoms with Crippen LogP contribution in [0.2, 0.25) is 0 Å². The summed E-state index contributed by atoms with van der Waals surface area (Å²) >= 11 is 0. The van der Waals surface area contributed by atoms with Crippen LogP contribution in [0.25, 0.3) is 11.3 Å². The van der Waals surface area contributed by atoms with Crippen LogP contribution in [-0.4, -0.2) is 69.0 Å². The van der Waals surface area contributed by atoms with Gasteiger partial charge >= 0.3 is 0 Å². The Morgan fingerprint density at radius 1 is 0.947 bits per heavy atom. The first-order valence-corrected chi connectivity index (χ1v) is 12.6. The average molecular weight is 510 g/mol. The molecule has 0 atom stereocenters. The quantitative estimate of drug-likeness (QED) is 0.330. The van der Waals surface area contributed by atoms with Crippen LogP contribution in [0.4, 0.5) is 17.3 Å². The van der Waals surface area contributed by atoms with Gasteiger partial charge in [0.1, 0.15) is 0 Å². The second-order valence-corrected chi connectivity index (χ2v) is 9.35. The van der Waals surface area contributed by atoms with Crippen molar-refractivity contribution >= 4 is 23.2 Å². The highest BCUT2D eigenvalue weighted by atomic mass is 16.3. The number of pyridine rings is 1. The molecule has 0 bridgehead atoms. The summed E-state index contributed by atoms with van der Waals surface area (Å²) in [4.78, 5) is 30.8. The molecule has 9 heteroatoms. The number of nitrogens with zero attached hydrogens (tertiary/aromatic N) is 5. The molecule has 9 nitrogen and oxygen atoms in total. The van der Waals surface area contributed by atoms with E-state index in [1.165, 1.54) is 5.56 Å². The number of nitrogens with one attached hydrogen (secondary N) is 2. The van der Waals surface area contributed by atoms with E-state index >= 15 is 0 Å². The van der Waals surface area contributed by atoms with E-state index in [9.17, 15) is 9.90 Å². The Kier molecular flexibility index (Phi) is 7.98. The van der Waals surface area contributed by atoms with Crippen LogP contribution in [0.15, 0.2) is 79.3 Å². The van der Waals surface area contributed by atoms with Gasteiger partial charge in [0.05, 0.1) is 12.3 Å². The molecular weight excluding hydrogens is 478 g/mol. The summed E-state index contributed by atoms with van der Waals surface area (Å²) in [6.45, 7) is 4.85. The lowest BCUT2D eigenvalue weighted by Crippen LogP contribution is -2.43. The maximum Gasteiger partial charge on any atom is 0.255 e. The van der Waals surface area contributed by atoms with Crippen LogP contribution in [-0.2, 0) is 13.2 Å². The highest BCUT2D eigenvalue weighted by molar-refractivity contribution is 6.05. The fraction of sp³-hybridized carbons (Fsp3) is 0.241. The molecule has 1 fully saturated rings. The van der Waals surface area contributed by atoms with Gasteiger partial charge in [0, 0.05) is 79.4 Å². The summed E-state index contributed by atoms with van der Waals surface area (Å²) < 4.78 is 0. The third-order valence-corrected chi connectivity index (χ3v) is 6.66. The number of aromatic nitrogens is 3. The number of likely N-dealkylation sites (N-methyl/N-ethyl adjacent to an activating group) is 1. The Labute approximate surface area is 222 Å². The summed E-state index contributed by atoms with van der Waals surface area (Å²) in [5.41, 5.74) is 5.01. The van der Waals surface area contributed by atoms with Gasteiger partial charge in [-0.15, -0.1) is 0 Å². The molecule has 1 amide bonds. The largest absolute Gasteiger partial charge is 0.392 e. The van der Waals surface area contributed by atoms with Crippen molar-refractivity contribution < 1.29 is 9.90 Å². The van der Waals surface area contributed by atoms with Crippen LogP contribution in [0, 0.1) is 0 Å². The molecule has 4 aromatic rings. The summed E-state index contributed by atoms with van der Waals surface area (Å²) in [6, 6.07) is 18.7. The molecule has 1 aliphatic rings. The van der Waals surface area contributed by atoms with E-state index in [4.69, 9.17) is 0 Å². The molecule has 5 rings (SSSR count). The molecule has 2 aromatic carbocycles. The number of rotatable bonds is 8. The fourth-order valence-electron chi connectivity index (χ4n) is 4.43. The van der Waals surface area contributed by atoms with Crippen LogP contribution < -0.4 is 10.6 Å². The van der Waals surface area contributed by atoms with Gasteiger partial charge in [-0.2, -0.15) is 0 Å². The molecule has 2 aromatic heterocycles. The minimum Gasteiger partial charge on any atom is -0.392 e. The number of carbonyl (C=O) groups excluding carboxylic acids is 1. The van der Waals surface area contributed by atoms with Crippen molar-refractivity contribution in [3.05, 3.63) is 95.9 Å². The third-order valence-electron chi connectivity index (χ3n) is 6.66. The number of hydrogen-bond acceptors (Lipinski definition) is 8. The van der Waals surface area contributed by atoms with E-state index in [-0.39, 0.29) is 12.5 Å². The zero-order valence-electron chi connectivity index (χ0n) is 21.3. The number of anilines is 3. The normalized spacial score (nSPS) is 14.3. The van der Waals surface area contributed by atoms with Gasteiger partial charge in [-0.1, -0.05) is 18.2 Å². The van der Waals surface area contributed by atoms with Crippen molar-refractivity contribution in [1.82, 2.24) is 24.8 Å². The lowest BCUT2D eigenvalue weighted by molar-refractivity contribution is 0.102. The molecule has 3 N–H and O–H groups in total. The number of piperazine rings is 1. The van der Waals surface area contributed by atoms with Crippen LogP contribution in [0.1, 0.15) is 21.5 Å². The molecule has 1 aliphatic heterocycles. The second kappa shape index (κ2) is 11.9. The summed E-state index contributed by atoms with van der Waals surface area (Å²) in [5, 5.41) is 16.3. The van der Waals surface area contributed by atoms with Crippen molar-refractivity contribution in [2.45, 2.75) is 13.2 Å². The summed E-state index contributed by atoms with van der Waals surface area (Å²) in [5.74, 6) is 0.137. The monoisotopic (exact) mass is 509 g/mol. The Hall–Kier alpha value is -4.18. The van der Waals surface area contributed by atoms with Crippen molar-refractivity contribution in [1.29, 1.82) is 0 Å². The molecule has 0 aliphatic carbocycles. The van der Waals surface area contributed by atoms with Gasteiger partial charge in [-0.3, -0.25) is 14.7 Å². The highest BCUT2D eigenvalue weighted by Crippen LogP contribution is 2.28. The van der Waals surface area contributed by atoms with Gasteiger partial charge in [0.2, 0.25) is 5.95 Å². The van der Waals surface area contributed by atoms with Crippen molar-refractivity contribution in [2.75, 3.05) is 43.9 Å². The first-order chi connectivity index (χ1) is 18.6. The van der Waals surface area contributed by atoms with E-state index in [0.29, 0.717) is 28.5 Å². The molecule has 194 valence electrons. The van der Waals surface area contributed by atoms with Crippen LogP contribution in [0.3, 0.4) is 0 Å². The van der Waals surface area contributed by atoms with Crippen LogP contribution in [0.5, 0.6) is 0 Å². The molecule has 1 saturated heterocycles. The van der Waals surface area contributed by atoms with Gasteiger partial charge in [-0.05, 0) is 55.1 Å². The van der Waals surface area contributed by atoms with Gasteiger partial charge in [0.25, 0.3) is 5.91 Å². The fourth-order valence-corrected chi connectivity index (χ4v) is 4.43. The number of carbonyl (C=O) groups is 1. The summed E-state index contributed by atoms with van der Waals surface area (Å²) in [6.07, 6.45) is 5.11. The molecule has 0 radical (unpaired) electrons. The van der Waals surface area contributed by atoms with Gasteiger partial charge < -0.3 is 20.6 Å². The minimum atomic E-state index is -0.273. The Balaban J connectivity index is 1.27. The topological polar surface area (TPSA) is 107 Å². The molecule has 3 heterocycles. The maximum atomic E-state index is 13.0. The molecule has 0 saturated carbocycles. The van der Waals surface area contributed by atoms with E-state index < -0.39 is 0 Å². The smallest absolute Gasteiger partial charge is 0.255 e. The first-order valence-electron chi connectivity index (χ1n) is 12.6. The van der Waals surface area contributed by atoms with Crippen LogP contribution >= 0.6 is 0 Å². The highest BCUT2D eigenvalue weighted by Gasteiger charge is 2.16. The lowest BCUT2D eigenvalue weighted by atomic mass is 10.1. The predicted molar refractivity (Wildman–Crippen MR) is 148 cm³/mol. The van der Waals surface area contributed by atoms with Gasteiger partial charge in [0.15, 0.2) is 0 Å². The van der Waals surface area contributed by atoms with E-state index in [1.54, 1.807) is 30.7 Å². The number of aliphatic hydroxyl groups is 1. The Morgan fingerprint density at radius 2 is 1.74 bits per heavy atom.